The van der Waals surface area contributed by atoms with E-state index in [1.807, 2.05) is 28.9 Å². The van der Waals surface area contributed by atoms with E-state index in [4.69, 9.17) is 0 Å². The van der Waals surface area contributed by atoms with Gasteiger partial charge in [-0.1, -0.05) is 0 Å². The van der Waals surface area contributed by atoms with E-state index in [1.54, 1.807) is 30.6 Å². The Morgan fingerprint density at radius 3 is 2.85 bits per heavy atom. The Bertz CT molecular complexity index is 1250. The number of amides is 1. The van der Waals surface area contributed by atoms with Crippen LogP contribution in [0.5, 0.6) is 0 Å². The van der Waals surface area contributed by atoms with Crippen LogP contribution in [-0.2, 0) is 0 Å². The predicted molar refractivity (Wildman–Crippen MR) is 122 cm³/mol. The summed E-state index contributed by atoms with van der Waals surface area (Å²) < 4.78 is 16.8. The molecule has 1 saturated heterocycles. The van der Waals surface area contributed by atoms with Crippen molar-refractivity contribution in [3.63, 3.8) is 0 Å². The number of hydrogen-bond donors (Lipinski definition) is 2. The van der Waals surface area contributed by atoms with E-state index in [2.05, 4.69) is 20.3 Å². The number of aromatic nitrogens is 4. The molecule has 170 valence electrons. The fourth-order valence-electron chi connectivity index (χ4n) is 4.50. The van der Waals surface area contributed by atoms with Crippen molar-refractivity contribution in [1.29, 1.82) is 0 Å². The van der Waals surface area contributed by atoms with Crippen molar-refractivity contribution in [3.05, 3.63) is 78.8 Å². The first-order valence-electron chi connectivity index (χ1n) is 11.0. The van der Waals surface area contributed by atoms with Gasteiger partial charge in [0.25, 0.3) is 5.91 Å². The standard InChI is InChI=1S/C24H25FN6O2/c25-18-3-5-19(6-4-18)31-13-8-21(28-31)24(33)27-20(9-15-32)17-7-12-30(16-17)23-22-2-1-11-29(22)14-10-26-23/h1-6,8,10-11,13-14,17,20,32H,7,9,12,15-16H2,(H,27,33)/t17-,20?/m0/s1. The molecule has 33 heavy (non-hydrogen) atoms. The van der Waals surface area contributed by atoms with Gasteiger partial charge in [0.2, 0.25) is 0 Å². The van der Waals surface area contributed by atoms with Gasteiger partial charge < -0.3 is 19.7 Å². The summed E-state index contributed by atoms with van der Waals surface area (Å²) in [6.45, 7) is 1.56. The molecule has 0 bridgehead atoms. The van der Waals surface area contributed by atoms with E-state index in [1.165, 1.54) is 16.8 Å². The van der Waals surface area contributed by atoms with E-state index < -0.39 is 0 Å². The topological polar surface area (TPSA) is 87.7 Å². The van der Waals surface area contributed by atoms with Gasteiger partial charge >= 0.3 is 0 Å². The average Bonchev–Trinajstić information content (AvgIpc) is 3.59. The number of benzene rings is 1. The van der Waals surface area contributed by atoms with Crippen molar-refractivity contribution >= 4 is 17.2 Å². The molecule has 1 fully saturated rings. The van der Waals surface area contributed by atoms with Gasteiger partial charge in [0.05, 0.1) is 11.2 Å². The second kappa shape index (κ2) is 9.03. The third-order valence-electron chi connectivity index (χ3n) is 6.19. The molecule has 3 aromatic heterocycles. The molecule has 1 aliphatic rings. The first-order valence-corrected chi connectivity index (χ1v) is 11.0. The average molecular weight is 449 g/mol. The quantitative estimate of drug-likeness (QED) is 0.454. The Morgan fingerprint density at radius 2 is 2.03 bits per heavy atom. The molecule has 1 amide bonds. The molecule has 2 N–H and O–H groups in total. The number of halogens is 1. The van der Waals surface area contributed by atoms with Gasteiger partial charge in [-0.05, 0) is 61.2 Å². The summed E-state index contributed by atoms with van der Waals surface area (Å²) in [4.78, 5) is 19.7. The van der Waals surface area contributed by atoms with Gasteiger partial charge in [0, 0.05) is 50.5 Å². The lowest BCUT2D eigenvalue weighted by Gasteiger charge is -2.25. The molecule has 4 aromatic rings. The third kappa shape index (κ3) is 4.31. The number of carbonyl (C=O) groups excluding carboxylic acids is 1. The molecule has 4 heterocycles. The van der Waals surface area contributed by atoms with Crippen LogP contribution in [0.25, 0.3) is 11.2 Å². The lowest BCUT2D eigenvalue weighted by molar-refractivity contribution is 0.0908. The number of rotatable bonds is 7. The maximum Gasteiger partial charge on any atom is 0.272 e. The van der Waals surface area contributed by atoms with E-state index in [-0.39, 0.29) is 36.0 Å². The minimum Gasteiger partial charge on any atom is -0.396 e. The van der Waals surface area contributed by atoms with Crippen LogP contribution < -0.4 is 10.2 Å². The van der Waals surface area contributed by atoms with Crippen molar-refractivity contribution in [2.45, 2.75) is 18.9 Å². The summed E-state index contributed by atoms with van der Waals surface area (Å²) in [5, 5.41) is 17.0. The number of aliphatic hydroxyl groups excluding tert-OH is 1. The molecule has 1 aromatic carbocycles. The largest absolute Gasteiger partial charge is 0.396 e. The molecule has 2 atom stereocenters. The zero-order valence-electron chi connectivity index (χ0n) is 18.0. The summed E-state index contributed by atoms with van der Waals surface area (Å²) in [5.74, 6) is 0.485. The second-order valence-electron chi connectivity index (χ2n) is 8.26. The Labute approximate surface area is 190 Å². The van der Waals surface area contributed by atoms with Crippen molar-refractivity contribution in [3.8, 4) is 5.69 Å². The second-order valence-corrected chi connectivity index (χ2v) is 8.26. The number of nitrogens with zero attached hydrogens (tertiary/aromatic N) is 5. The first-order chi connectivity index (χ1) is 16.1. The molecule has 8 nitrogen and oxygen atoms in total. The lowest BCUT2D eigenvalue weighted by Crippen LogP contribution is -2.42. The van der Waals surface area contributed by atoms with E-state index >= 15 is 0 Å². The molecule has 0 spiro atoms. The van der Waals surface area contributed by atoms with Crippen molar-refractivity contribution in [1.82, 2.24) is 24.5 Å². The number of anilines is 1. The van der Waals surface area contributed by atoms with Gasteiger partial charge in [-0.25, -0.2) is 14.1 Å². The number of nitrogens with one attached hydrogen (secondary N) is 1. The van der Waals surface area contributed by atoms with Crippen LogP contribution in [0.3, 0.4) is 0 Å². The number of fused-ring (bicyclic) bond motifs is 1. The van der Waals surface area contributed by atoms with Gasteiger partial charge in [-0.3, -0.25) is 4.79 Å². The minimum atomic E-state index is -0.329. The number of carbonyl (C=O) groups is 1. The summed E-state index contributed by atoms with van der Waals surface area (Å²) in [6, 6.07) is 11.4. The van der Waals surface area contributed by atoms with Crippen LogP contribution in [0.1, 0.15) is 23.3 Å². The highest BCUT2D eigenvalue weighted by molar-refractivity contribution is 5.92. The molecular weight excluding hydrogens is 423 g/mol. The van der Waals surface area contributed by atoms with Gasteiger partial charge in [-0.15, -0.1) is 0 Å². The normalized spacial score (nSPS) is 16.9. The molecule has 0 radical (unpaired) electrons. The van der Waals surface area contributed by atoms with Crippen LogP contribution in [0, 0.1) is 11.7 Å². The van der Waals surface area contributed by atoms with Gasteiger partial charge in [-0.2, -0.15) is 5.10 Å². The molecule has 9 heteroatoms. The van der Waals surface area contributed by atoms with Crippen LogP contribution in [0.2, 0.25) is 0 Å². The summed E-state index contributed by atoms with van der Waals surface area (Å²) in [5.41, 5.74) is 1.99. The predicted octanol–water partition coefficient (Wildman–Crippen LogP) is 2.67. The minimum absolute atomic E-state index is 0.0159. The Kier molecular flexibility index (Phi) is 5.78. The monoisotopic (exact) mass is 448 g/mol. The van der Waals surface area contributed by atoms with E-state index in [0.29, 0.717) is 12.1 Å². The molecule has 5 rings (SSSR count). The number of aliphatic hydroxyl groups is 1. The maximum absolute atomic E-state index is 13.2. The van der Waals surface area contributed by atoms with Gasteiger partial charge in [0.1, 0.15) is 5.82 Å². The third-order valence-corrected chi connectivity index (χ3v) is 6.19. The van der Waals surface area contributed by atoms with Crippen molar-refractivity contribution in [2.75, 3.05) is 24.6 Å². The van der Waals surface area contributed by atoms with Crippen LogP contribution in [0.4, 0.5) is 10.2 Å². The molecule has 1 unspecified atom stereocenters. The highest BCUT2D eigenvalue weighted by Crippen LogP contribution is 2.28. The zero-order chi connectivity index (χ0) is 22.8. The summed E-state index contributed by atoms with van der Waals surface area (Å²) in [6.07, 6.45) is 8.73. The Morgan fingerprint density at radius 1 is 1.18 bits per heavy atom. The fourth-order valence-corrected chi connectivity index (χ4v) is 4.50. The smallest absolute Gasteiger partial charge is 0.272 e. The zero-order valence-corrected chi connectivity index (χ0v) is 18.0. The van der Waals surface area contributed by atoms with E-state index in [0.717, 1.165) is 30.8 Å². The highest BCUT2D eigenvalue weighted by atomic mass is 19.1. The molecular formula is C24H25FN6O2. The first kappa shape index (κ1) is 21.1. The van der Waals surface area contributed by atoms with Crippen molar-refractivity contribution < 1.29 is 14.3 Å². The highest BCUT2D eigenvalue weighted by Gasteiger charge is 2.32. The Balaban J connectivity index is 1.28. The maximum atomic E-state index is 13.2. The summed E-state index contributed by atoms with van der Waals surface area (Å²) >= 11 is 0. The SMILES string of the molecule is O=C(NC(CCO)[C@H]1CCN(c2nccn3cccc23)C1)c1ccn(-c2ccc(F)cc2)n1. The van der Waals surface area contributed by atoms with Gasteiger partial charge in [0.15, 0.2) is 11.5 Å². The van der Waals surface area contributed by atoms with E-state index in [9.17, 15) is 14.3 Å². The van der Waals surface area contributed by atoms with Crippen molar-refractivity contribution in [2.24, 2.45) is 5.92 Å². The summed E-state index contributed by atoms with van der Waals surface area (Å²) in [7, 11) is 0. The van der Waals surface area contributed by atoms with Crippen LogP contribution in [-0.4, -0.2) is 55.9 Å². The molecule has 0 saturated carbocycles. The van der Waals surface area contributed by atoms with Crippen LogP contribution >= 0.6 is 0 Å². The molecule has 1 aliphatic heterocycles. The Hall–Kier alpha value is -3.72. The molecule has 0 aliphatic carbocycles. The van der Waals surface area contributed by atoms with Crippen LogP contribution in [0.15, 0.2) is 67.3 Å². The number of hydrogen-bond acceptors (Lipinski definition) is 5. The lowest BCUT2D eigenvalue weighted by atomic mass is 9.96. The fraction of sp³-hybridized carbons (Fsp3) is 0.292.